The molecule has 10 heteroatoms. The van der Waals surface area contributed by atoms with Crippen LogP contribution in [0.15, 0.2) is 66.7 Å². The summed E-state index contributed by atoms with van der Waals surface area (Å²) in [6, 6.07) is 17.2. The normalized spacial score (nSPS) is 15.0. The van der Waals surface area contributed by atoms with Gasteiger partial charge in [0.15, 0.2) is 16.6 Å². The van der Waals surface area contributed by atoms with Crippen molar-refractivity contribution in [1.29, 1.82) is 0 Å². The summed E-state index contributed by atoms with van der Waals surface area (Å²) >= 11 is 5.69. The van der Waals surface area contributed by atoms with Crippen molar-refractivity contribution in [3.8, 4) is 17.2 Å². The molecule has 1 saturated heterocycles. The van der Waals surface area contributed by atoms with Crippen LogP contribution in [0.2, 0.25) is 0 Å². The number of carbonyl (C=O) groups is 2. The lowest BCUT2D eigenvalue weighted by Gasteiger charge is -2.24. The number of halogens is 1. The van der Waals surface area contributed by atoms with Crippen molar-refractivity contribution >= 4 is 40.5 Å². The molecule has 8 nitrogen and oxygen atoms in total. The maximum absolute atomic E-state index is 13.5. The number of methoxy groups -OCH3 is 3. The molecule has 1 aliphatic rings. The zero-order valence-corrected chi connectivity index (χ0v) is 22.1. The van der Waals surface area contributed by atoms with E-state index < -0.39 is 11.9 Å². The van der Waals surface area contributed by atoms with Gasteiger partial charge in [0.25, 0.3) is 5.91 Å². The van der Waals surface area contributed by atoms with Crippen LogP contribution in [-0.2, 0) is 16.0 Å². The number of amides is 2. The second-order valence-corrected chi connectivity index (χ2v) is 8.93. The van der Waals surface area contributed by atoms with E-state index in [1.54, 1.807) is 50.5 Å². The van der Waals surface area contributed by atoms with Crippen LogP contribution in [0.1, 0.15) is 12.0 Å². The van der Waals surface area contributed by atoms with Crippen molar-refractivity contribution in [3.05, 3.63) is 78.1 Å². The Kier molecular flexibility index (Phi) is 8.42. The van der Waals surface area contributed by atoms with Crippen LogP contribution in [0.4, 0.5) is 15.8 Å². The Morgan fingerprint density at radius 2 is 1.63 bits per heavy atom. The molecule has 4 rings (SSSR count). The van der Waals surface area contributed by atoms with Gasteiger partial charge >= 0.3 is 0 Å². The second-order valence-electron chi connectivity index (χ2n) is 8.56. The van der Waals surface area contributed by atoms with Crippen molar-refractivity contribution in [2.24, 2.45) is 0 Å². The molecule has 0 bridgehead atoms. The Labute approximate surface area is 225 Å². The van der Waals surface area contributed by atoms with Crippen LogP contribution < -0.4 is 24.4 Å². The van der Waals surface area contributed by atoms with E-state index >= 15 is 0 Å². The van der Waals surface area contributed by atoms with Crippen molar-refractivity contribution in [1.82, 2.24) is 4.90 Å². The minimum absolute atomic E-state index is 0.116. The van der Waals surface area contributed by atoms with Gasteiger partial charge in [0.1, 0.15) is 17.6 Å². The van der Waals surface area contributed by atoms with Crippen molar-refractivity contribution in [2.45, 2.75) is 18.9 Å². The average Bonchev–Trinajstić information content (AvgIpc) is 3.16. The Bertz CT molecular complexity index is 1320. The third kappa shape index (κ3) is 5.86. The first-order valence-corrected chi connectivity index (χ1v) is 12.3. The Morgan fingerprint density at radius 1 is 0.947 bits per heavy atom. The van der Waals surface area contributed by atoms with E-state index in [0.717, 1.165) is 5.56 Å². The molecule has 0 spiro atoms. The molecule has 0 aromatic heterocycles. The van der Waals surface area contributed by atoms with Gasteiger partial charge in [-0.05, 0) is 84.9 Å². The minimum Gasteiger partial charge on any atom is -0.497 e. The highest BCUT2D eigenvalue weighted by molar-refractivity contribution is 7.80. The molecular formula is C28H28FN3O5S. The lowest BCUT2D eigenvalue weighted by atomic mass is 10.1. The van der Waals surface area contributed by atoms with E-state index in [2.05, 4.69) is 5.32 Å². The largest absolute Gasteiger partial charge is 0.497 e. The lowest BCUT2D eigenvalue weighted by molar-refractivity contribution is -0.124. The fraction of sp³-hybridized carbons (Fsp3) is 0.250. The van der Waals surface area contributed by atoms with E-state index in [-0.39, 0.29) is 23.3 Å². The van der Waals surface area contributed by atoms with Crippen LogP contribution in [0.25, 0.3) is 0 Å². The summed E-state index contributed by atoms with van der Waals surface area (Å²) in [4.78, 5) is 29.6. The van der Waals surface area contributed by atoms with Gasteiger partial charge in [-0.1, -0.05) is 6.07 Å². The molecule has 1 N–H and O–H groups in total. The summed E-state index contributed by atoms with van der Waals surface area (Å²) in [7, 11) is 4.69. The first-order chi connectivity index (χ1) is 18.3. The second kappa shape index (κ2) is 11.9. The molecule has 3 aromatic carbocycles. The van der Waals surface area contributed by atoms with E-state index in [1.807, 2.05) is 18.2 Å². The number of thiocarbonyl (C=S) groups is 1. The zero-order chi connectivity index (χ0) is 27.2. The molecule has 1 atom stereocenters. The van der Waals surface area contributed by atoms with Gasteiger partial charge in [-0.25, -0.2) is 4.39 Å². The summed E-state index contributed by atoms with van der Waals surface area (Å²) in [5, 5.41) is 3.08. The summed E-state index contributed by atoms with van der Waals surface area (Å²) < 4.78 is 29.4. The maximum Gasteiger partial charge on any atom is 0.256 e. The number of anilines is 2. The Hall–Kier alpha value is -4.18. The monoisotopic (exact) mass is 537 g/mol. The fourth-order valence-electron chi connectivity index (χ4n) is 4.26. The van der Waals surface area contributed by atoms with Crippen molar-refractivity contribution < 1.29 is 28.2 Å². The van der Waals surface area contributed by atoms with Gasteiger partial charge in [-0.3, -0.25) is 14.5 Å². The van der Waals surface area contributed by atoms with Crippen LogP contribution >= 0.6 is 12.2 Å². The molecule has 3 aromatic rings. The smallest absolute Gasteiger partial charge is 0.256 e. The van der Waals surface area contributed by atoms with Gasteiger partial charge in [-0.15, -0.1) is 0 Å². The SMILES string of the molecule is COc1ccc(NC(=O)C[C@@H]2C(=O)N(c3ccc(F)cc3)C(=S)N2CCc2ccc(OC)c(OC)c2)cc1. The summed E-state index contributed by atoms with van der Waals surface area (Å²) in [6.45, 7) is 0.373. The van der Waals surface area contributed by atoms with E-state index in [4.69, 9.17) is 26.4 Å². The summed E-state index contributed by atoms with van der Waals surface area (Å²) in [6.07, 6.45) is 0.413. The van der Waals surface area contributed by atoms with Gasteiger partial charge in [0.05, 0.1) is 33.4 Å². The highest BCUT2D eigenvalue weighted by Gasteiger charge is 2.43. The lowest BCUT2D eigenvalue weighted by Crippen LogP contribution is -2.39. The first kappa shape index (κ1) is 26.9. The quantitative estimate of drug-likeness (QED) is 0.384. The average molecular weight is 538 g/mol. The van der Waals surface area contributed by atoms with Crippen LogP contribution in [0.3, 0.4) is 0 Å². The predicted molar refractivity (Wildman–Crippen MR) is 146 cm³/mol. The number of ether oxygens (including phenoxy) is 3. The molecular weight excluding hydrogens is 509 g/mol. The van der Waals surface area contributed by atoms with E-state index in [9.17, 15) is 14.0 Å². The third-order valence-corrected chi connectivity index (χ3v) is 6.66. The number of rotatable bonds is 10. The van der Waals surface area contributed by atoms with Gasteiger partial charge in [-0.2, -0.15) is 0 Å². The number of nitrogens with one attached hydrogen (secondary N) is 1. The summed E-state index contributed by atoms with van der Waals surface area (Å²) in [5.41, 5.74) is 1.96. The first-order valence-electron chi connectivity index (χ1n) is 11.9. The Morgan fingerprint density at radius 3 is 2.26 bits per heavy atom. The Balaban J connectivity index is 1.55. The highest BCUT2D eigenvalue weighted by Crippen LogP contribution is 2.30. The van der Waals surface area contributed by atoms with E-state index in [1.165, 1.54) is 29.2 Å². The molecule has 198 valence electrons. The number of carbonyl (C=O) groups excluding carboxylic acids is 2. The van der Waals surface area contributed by atoms with Gasteiger partial charge < -0.3 is 24.4 Å². The van der Waals surface area contributed by atoms with E-state index in [0.29, 0.717) is 41.6 Å². The molecule has 0 aliphatic carbocycles. The van der Waals surface area contributed by atoms with Gasteiger partial charge in [0.2, 0.25) is 5.91 Å². The number of hydrogen-bond acceptors (Lipinski definition) is 6. The van der Waals surface area contributed by atoms with Crippen molar-refractivity contribution in [2.75, 3.05) is 38.1 Å². The summed E-state index contributed by atoms with van der Waals surface area (Å²) in [5.74, 6) is 0.752. The minimum atomic E-state index is -0.828. The van der Waals surface area contributed by atoms with Crippen molar-refractivity contribution in [3.63, 3.8) is 0 Å². The number of hydrogen-bond donors (Lipinski definition) is 1. The third-order valence-electron chi connectivity index (χ3n) is 6.25. The molecule has 1 fully saturated rings. The highest BCUT2D eigenvalue weighted by atomic mass is 32.1. The number of benzene rings is 3. The molecule has 0 radical (unpaired) electrons. The van der Waals surface area contributed by atoms with Gasteiger partial charge in [0, 0.05) is 12.2 Å². The van der Waals surface area contributed by atoms with Crippen LogP contribution in [0, 0.1) is 5.82 Å². The molecule has 0 unspecified atom stereocenters. The van der Waals surface area contributed by atoms with Crippen LogP contribution in [-0.4, -0.2) is 55.7 Å². The fourth-order valence-corrected chi connectivity index (χ4v) is 4.68. The van der Waals surface area contributed by atoms with Crippen LogP contribution in [0.5, 0.6) is 17.2 Å². The maximum atomic E-state index is 13.5. The molecule has 2 amide bonds. The molecule has 0 saturated carbocycles. The number of nitrogens with zero attached hydrogens (tertiary/aromatic N) is 2. The molecule has 1 heterocycles. The zero-order valence-electron chi connectivity index (χ0n) is 21.3. The molecule has 38 heavy (non-hydrogen) atoms. The molecule has 1 aliphatic heterocycles. The topological polar surface area (TPSA) is 80.3 Å². The standard InChI is InChI=1S/C28H28FN3O5S/c1-35-22-11-7-20(8-12-22)30-26(33)17-23-27(34)32(21-9-5-19(29)6-10-21)28(38)31(23)15-14-18-4-13-24(36-2)25(16-18)37-3/h4-13,16,23H,14-15,17H2,1-3H3,(H,30,33)/t23-/m1/s1. The predicted octanol–water partition coefficient (Wildman–Crippen LogP) is 4.43.